The van der Waals surface area contributed by atoms with Crippen LogP contribution in [0, 0.1) is 5.82 Å². The Morgan fingerprint density at radius 1 is 1.30 bits per heavy atom. The molecular formula is C14H8BrFN2O2. The lowest BCUT2D eigenvalue weighted by atomic mass is 10.2. The highest BCUT2D eigenvalue weighted by molar-refractivity contribution is 9.10. The first kappa shape index (κ1) is 12.8. The number of hydrogen-bond acceptors (Lipinski definition) is 2. The van der Waals surface area contributed by atoms with Crippen LogP contribution in [0.15, 0.2) is 47.2 Å². The van der Waals surface area contributed by atoms with Gasteiger partial charge in [-0.3, -0.25) is 4.57 Å². The van der Waals surface area contributed by atoms with Crippen molar-refractivity contribution in [1.29, 1.82) is 0 Å². The molecule has 0 bridgehead atoms. The van der Waals surface area contributed by atoms with Crippen molar-refractivity contribution >= 4 is 32.9 Å². The lowest BCUT2D eigenvalue weighted by Crippen LogP contribution is -2.00. The third kappa shape index (κ3) is 1.98. The molecule has 0 unspecified atom stereocenters. The van der Waals surface area contributed by atoms with Crippen LogP contribution in [0.25, 0.3) is 16.7 Å². The van der Waals surface area contributed by atoms with E-state index in [-0.39, 0.29) is 5.56 Å². The predicted molar refractivity (Wildman–Crippen MR) is 75.7 cm³/mol. The van der Waals surface area contributed by atoms with E-state index in [1.54, 1.807) is 18.2 Å². The number of nitrogens with zero attached hydrogens (tertiary/aromatic N) is 2. The van der Waals surface area contributed by atoms with Crippen molar-refractivity contribution < 1.29 is 14.3 Å². The van der Waals surface area contributed by atoms with Gasteiger partial charge in [-0.25, -0.2) is 14.2 Å². The normalized spacial score (nSPS) is 10.9. The van der Waals surface area contributed by atoms with E-state index in [9.17, 15) is 9.18 Å². The molecule has 0 atom stereocenters. The number of benzene rings is 2. The Labute approximate surface area is 121 Å². The van der Waals surface area contributed by atoms with E-state index < -0.39 is 11.8 Å². The topological polar surface area (TPSA) is 55.1 Å². The van der Waals surface area contributed by atoms with Crippen molar-refractivity contribution in [2.45, 2.75) is 0 Å². The maximum absolute atomic E-state index is 14.0. The van der Waals surface area contributed by atoms with Gasteiger partial charge in [0.1, 0.15) is 12.1 Å². The first-order valence-electron chi connectivity index (χ1n) is 5.72. The van der Waals surface area contributed by atoms with E-state index in [0.29, 0.717) is 21.2 Å². The van der Waals surface area contributed by atoms with Crippen molar-refractivity contribution in [3.05, 3.63) is 58.6 Å². The minimum absolute atomic E-state index is 0.131. The second kappa shape index (κ2) is 4.72. The quantitative estimate of drug-likeness (QED) is 0.778. The summed E-state index contributed by atoms with van der Waals surface area (Å²) in [6.07, 6.45) is 1.47. The van der Waals surface area contributed by atoms with E-state index >= 15 is 0 Å². The van der Waals surface area contributed by atoms with Crippen LogP contribution in [0.2, 0.25) is 0 Å². The average molecular weight is 335 g/mol. The summed E-state index contributed by atoms with van der Waals surface area (Å²) < 4.78 is 16.1. The first-order valence-corrected chi connectivity index (χ1v) is 6.52. The van der Waals surface area contributed by atoms with Crippen LogP contribution in [-0.2, 0) is 0 Å². The van der Waals surface area contributed by atoms with Crippen molar-refractivity contribution in [1.82, 2.24) is 9.55 Å². The van der Waals surface area contributed by atoms with E-state index in [4.69, 9.17) is 5.11 Å². The van der Waals surface area contributed by atoms with Gasteiger partial charge in [0.2, 0.25) is 0 Å². The maximum Gasteiger partial charge on any atom is 0.335 e. The Hall–Kier alpha value is -2.21. The molecule has 3 aromatic rings. The molecule has 0 aliphatic heterocycles. The van der Waals surface area contributed by atoms with Crippen molar-refractivity contribution in [3.8, 4) is 5.69 Å². The summed E-state index contributed by atoms with van der Waals surface area (Å²) in [6, 6.07) is 9.19. The van der Waals surface area contributed by atoms with Crippen LogP contribution in [-0.4, -0.2) is 20.6 Å². The third-order valence-corrected chi connectivity index (χ3v) is 3.61. The number of para-hydroxylation sites is 1. The highest BCUT2D eigenvalue weighted by Gasteiger charge is 2.14. The molecule has 0 aliphatic rings. The fourth-order valence-corrected chi connectivity index (χ4v) is 2.57. The van der Waals surface area contributed by atoms with Gasteiger partial charge in [-0.05, 0) is 46.3 Å². The van der Waals surface area contributed by atoms with Crippen LogP contribution in [0.5, 0.6) is 0 Å². The molecule has 1 N–H and O–H groups in total. The summed E-state index contributed by atoms with van der Waals surface area (Å²) in [6.45, 7) is 0. The largest absolute Gasteiger partial charge is 0.478 e. The molecule has 0 fully saturated rings. The van der Waals surface area contributed by atoms with Crippen LogP contribution < -0.4 is 0 Å². The summed E-state index contributed by atoms with van der Waals surface area (Å²) in [4.78, 5) is 15.2. The molecule has 100 valence electrons. The van der Waals surface area contributed by atoms with Crippen molar-refractivity contribution in [2.75, 3.05) is 0 Å². The monoisotopic (exact) mass is 334 g/mol. The molecule has 0 saturated heterocycles. The zero-order valence-electron chi connectivity index (χ0n) is 10.0. The summed E-state index contributed by atoms with van der Waals surface area (Å²) in [5.74, 6) is -1.45. The molecule has 0 saturated carbocycles. The van der Waals surface area contributed by atoms with E-state index in [1.165, 1.54) is 29.1 Å². The van der Waals surface area contributed by atoms with E-state index in [0.717, 1.165) is 0 Å². The fourth-order valence-electron chi connectivity index (χ4n) is 2.04. The fraction of sp³-hybridized carbons (Fsp3) is 0. The van der Waals surface area contributed by atoms with E-state index in [2.05, 4.69) is 20.9 Å². The lowest BCUT2D eigenvalue weighted by molar-refractivity contribution is 0.0697. The smallest absolute Gasteiger partial charge is 0.335 e. The molecule has 4 nitrogen and oxygen atoms in total. The number of carboxylic acid groups (broad SMARTS) is 1. The van der Waals surface area contributed by atoms with Gasteiger partial charge in [-0.1, -0.05) is 6.07 Å². The summed E-state index contributed by atoms with van der Waals surface area (Å²) >= 11 is 3.30. The highest BCUT2D eigenvalue weighted by Crippen LogP contribution is 2.27. The number of fused-ring (bicyclic) bond motifs is 1. The maximum atomic E-state index is 14.0. The number of aromatic carboxylic acids is 1. The Bertz CT molecular complexity index is 809. The molecule has 0 radical (unpaired) electrons. The Kier molecular flexibility index (Phi) is 3.02. The molecule has 1 heterocycles. The zero-order chi connectivity index (χ0) is 14.3. The minimum atomic E-state index is -1.03. The van der Waals surface area contributed by atoms with Crippen LogP contribution in [0.3, 0.4) is 0 Å². The van der Waals surface area contributed by atoms with Crippen LogP contribution in [0.4, 0.5) is 4.39 Å². The summed E-state index contributed by atoms with van der Waals surface area (Å²) in [5, 5.41) is 9.04. The van der Waals surface area contributed by atoms with E-state index in [1.807, 2.05) is 0 Å². The van der Waals surface area contributed by atoms with Gasteiger partial charge in [-0.2, -0.15) is 0 Å². The Morgan fingerprint density at radius 2 is 2.10 bits per heavy atom. The number of halogens is 2. The van der Waals surface area contributed by atoms with Gasteiger partial charge < -0.3 is 5.11 Å². The molecule has 0 amide bonds. The summed E-state index contributed by atoms with van der Waals surface area (Å²) in [5.41, 5.74) is 1.57. The second-order valence-electron chi connectivity index (χ2n) is 4.19. The number of rotatable bonds is 2. The molecular weight excluding hydrogens is 327 g/mol. The number of carbonyl (C=O) groups is 1. The molecule has 2 aromatic carbocycles. The molecule has 1 aromatic heterocycles. The van der Waals surface area contributed by atoms with Gasteiger partial charge in [0, 0.05) is 4.47 Å². The average Bonchev–Trinajstić information content (AvgIpc) is 2.81. The standard InChI is InChI=1S/C14H8BrFN2O2/c15-9-2-1-3-10(16)13(9)18-7-17-11-5-4-8(14(19)20)6-12(11)18/h1-7H,(H,19,20). The molecule has 0 aliphatic carbocycles. The van der Waals surface area contributed by atoms with Crippen molar-refractivity contribution in [3.63, 3.8) is 0 Å². The van der Waals surface area contributed by atoms with Gasteiger partial charge in [0.15, 0.2) is 0 Å². The summed E-state index contributed by atoms with van der Waals surface area (Å²) in [7, 11) is 0. The van der Waals surface area contributed by atoms with Crippen LogP contribution in [0.1, 0.15) is 10.4 Å². The van der Waals surface area contributed by atoms with Gasteiger partial charge >= 0.3 is 5.97 Å². The lowest BCUT2D eigenvalue weighted by Gasteiger charge is -2.08. The molecule has 0 spiro atoms. The molecule has 6 heteroatoms. The number of hydrogen-bond donors (Lipinski definition) is 1. The third-order valence-electron chi connectivity index (χ3n) is 2.97. The van der Waals surface area contributed by atoms with Gasteiger partial charge in [-0.15, -0.1) is 0 Å². The number of aromatic nitrogens is 2. The zero-order valence-corrected chi connectivity index (χ0v) is 11.6. The first-order chi connectivity index (χ1) is 9.58. The molecule has 20 heavy (non-hydrogen) atoms. The Balaban J connectivity index is 2.31. The second-order valence-corrected chi connectivity index (χ2v) is 5.05. The van der Waals surface area contributed by atoms with Gasteiger partial charge in [0.05, 0.1) is 22.3 Å². The minimum Gasteiger partial charge on any atom is -0.478 e. The SMILES string of the molecule is O=C(O)c1ccc2ncn(-c3c(F)cccc3Br)c2c1. The predicted octanol–water partition coefficient (Wildman–Crippen LogP) is 3.63. The molecule has 3 rings (SSSR count). The highest BCUT2D eigenvalue weighted by atomic mass is 79.9. The van der Waals surface area contributed by atoms with Crippen molar-refractivity contribution in [2.24, 2.45) is 0 Å². The van der Waals surface area contributed by atoms with Crippen LogP contribution >= 0.6 is 15.9 Å². The Morgan fingerprint density at radius 3 is 2.80 bits per heavy atom. The number of imidazole rings is 1. The van der Waals surface area contributed by atoms with Gasteiger partial charge in [0.25, 0.3) is 0 Å². The number of carboxylic acids is 1.